The first kappa shape index (κ1) is 11.3. The van der Waals surface area contributed by atoms with Crippen LogP contribution in [0.4, 0.5) is 17.6 Å². The van der Waals surface area contributed by atoms with Crippen LogP contribution in [0.15, 0.2) is 28.9 Å². The molecule has 0 bridgehead atoms. The van der Waals surface area contributed by atoms with Crippen molar-refractivity contribution in [3.05, 3.63) is 30.2 Å². The van der Waals surface area contributed by atoms with Crippen molar-refractivity contribution in [1.82, 2.24) is 9.97 Å². The molecule has 0 amide bonds. The molecule has 4 N–H and O–H groups in total. The van der Waals surface area contributed by atoms with Gasteiger partial charge in [-0.3, -0.25) is 0 Å². The highest BCUT2D eigenvalue weighted by Gasteiger charge is 2.01. The molecule has 90 valence electrons. The zero-order valence-electron chi connectivity index (χ0n) is 9.60. The van der Waals surface area contributed by atoms with Gasteiger partial charge in [-0.2, -0.15) is 9.97 Å². The number of anilines is 3. The minimum absolute atomic E-state index is 0.248. The minimum Gasteiger partial charge on any atom is -0.469 e. The number of hydrogen-bond acceptors (Lipinski definition) is 6. The third-order valence-electron chi connectivity index (χ3n) is 2.26. The van der Waals surface area contributed by atoms with Crippen molar-refractivity contribution in [2.75, 3.05) is 30.0 Å². The number of aromatic nitrogens is 2. The third-order valence-corrected chi connectivity index (χ3v) is 2.26. The molecule has 0 atom stereocenters. The summed E-state index contributed by atoms with van der Waals surface area (Å²) in [6, 6.07) is 5.62. The second-order valence-electron chi connectivity index (χ2n) is 3.50. The zero-order chi connectivity index (χ0) is 12.1. The van der Waals surface area contributed by atoms with Crippen LogP contribution in [0.5, 0.6) is 0 Å². The smallest absolute Gasteiger partial charge is 0.223 e. The lowest BCUT2D eigenvalue weighted by Gasteiger charge is -2.07. The van der Waals surface area contributed by atoms with Crippen LogP contribution in [0, 0.1) is 0 Å². The van der Waals surface area contributed by atoms with Gasteiger partial charge in [-0.05, 0) is 12.1 Å². The van der Waals surface area contributed by atoms with Crippen LogP contribution < -0.4 is 16.4 Å². The predicted molar refractivity (Wildman–Crippen MR) is 66.9 cm³/mol. The number of hydrogen-bond donors (Lipinski definition) is 3. The first-order chi connectivity index (χ1) is 8.28. The lowest BCUT2D eigenvalue weighted by atomic mass is 10.3. The summed E-state index contributed by atoms with van der Waals surface area (Å²) in [6.07, 6.45) is 2.46. The second kappa shape index (κ2) is 5.20. The van der Waals surface area contributed by atoms with Crippen LogP contribution in [0.2, 0.25) is 0 Å². The van der Waals surface area contributed by atoms with Crippen LogP contribution in [0.25, 0.3) is 0 Å². The normalized spacial score (nSPS) is 10.2. The van der Waals surface area contributed by atoms with Gasteiger partial charge in [-0.25, -0.2) is 0 Å². The summed E-state index contributed by atoms with van der Waals surface area (Å²) in [5, 5.41) is 6.09. The van der Waals surface area contributed by atoms with E-state index >= 15 is 0 Å². The molecule has 0 radical (unpaired) electrons. The molecular formula is C11H15N5O. The van der Waals surface area contributed by atoms with E-state index in [1.807, 2.05) is 12.1 Å². The predicted octanol–water partition coefficient (Wildman–Crippen LogP) is 1.35. The highest BCUT2D eigenvalue weighted by molar-refractivity contribution is 5.50. The summed E-state index contributed by atoms with van der Waals surface area (Å²) in [6.45, 7) is 0.729. The topological polar surface area (TPSA) is 89.0 Å². The maximum Gasteiger partial charge on any atom is 0.223 e. The average molecular weight is 233 g/mol. The molecule has 6 nitrogen and oxygen atoms in total. The highest BCUT2D eigenvalue weighted by Crippen LogP contribution is 2.11. The van der Waals surface area contributed by atoms with E-state index in [2.05, 4.69) is 20.6 Å². The fourth-order valence-electron chi connectivity index (χ4n) is 1.45. The summed E-state index contributed by atoms with van der Waals surface area (Å²) in [5.74, 6) is 2.58. The maximum absolute atomic E-state index is 5.58. The van der Waals surface area contributed by atoms with Crippen LogP contribution in [0.1, 0.15) is 5.76 Å². The summed E-state index contributed by atoms with van der Waals surface area (Å²) < 4.78 is 5.23. The van der Waals surface area contributed by atoms with Crippen molar-refractivity contribution < 1.29 is 4.42 Å². The fourth-order valence-corrected chi connectivity index (χ4v) is 1.45. The molecule has 0 fully saturated rings. The van der Waals surface area contributed by atoms with E-state index in [1.165, 1.54) is 0 Å². The minimum atomic E-state index is 0.248. The largest absolute Gasteiger partial charge is 0.469 e. The lowest BCUT2D eigenvalue weighted by Crippen LogP contribution is -2.08. The van der Waals surface area contributed by atoms with Crippen LogP contribution in [0.3, 0.4) is 0 Å². The highest BCUT2D eigenvalue weighted by atomic mass is 16.3. The summed E-state index contributed by atoms with van der Waals surface area (Å²) in [4.78, 5) is 8.09. The fraction of sp³-hybridized carbons (Fsp3) is 0.273. The van der Waals surface area contributed by atoms with Crippen molar-refractivity contribution >= 4 is 17.6 Å². The van der Waals surface area contributed by atoms with E-state index in [0.29, 0.717) is 11.6 Å². The van der Waals surface area contributed by atoms with Gasteiger partial charge in [0.25, 0.3) is 0 Å². The zero-order valence-corrected chi connectivity index (χ0v) is 9.60. The summed E-state index contributed by atoms with van der Waals surface area (Å²) >= 11 is 0. The van der Waals surface area contributed by atoms with Gasteiger partial charge in [-0.1, -0.05) is 0 Å². The molecule has 6 heteroatoms. The molecule has 2 rings (SSSR count). The molecule has 0 aliphatic rings. The number of furan rings is 1. The number of nitrogens with zero attached hydrogens (tertiary/aromatic N) is 2. The van der Waals surface area contributed by atoms with E-state index in [0.717, 1.165) is 18.7 Å². The van der Waals surface area contributed by atoms with Gasteiger partial charge in [0, 0.05) is 26.1 Å². The average Bonchev–Trinajstić information content (AvgIpc) is 2.81. The third kappa shape index (κ3) is 3.10. The Morgan fingerprint density at radius 2 is 2.18 bits per heavy atom. The van der Waals surface area contributed by atoms with Crippen LogP contribution >= 0.6 is 0 Å². The van der Waals surface area contributed by atoms with Gasteiger partial charge >= 0.3 is 0 Å². The number of nitrogens with two attached hydrogens (primary N) is 1. The molecule has 0 unspecified atom stereocenters. The molecular weight excluding hydrogens is 218 g/mol. The Bertz CT molecular complexity index is 469. The van der Waals surface area contributed by atoms with Crippen molar-refractivity contribution in [3.8, 4) is 0 Å². The van der Waals surface area contributed by atoms with Crippen molar-refractivity contribution in [2.45, 2.75) is 6.42 Å². The van der Waals surface area contributed by atoms with E-state index in [4.69, 9.17) is 10.2 Å². The SMILES string of the molecule is CNc1cc(NCCc2ccco2)nc(N)n1. The van der Waals surface area contributed by atoms with Crippen molar-refractivity contribution in [1.29, 1.82) is 0 Å². The monoisotopic (exact) mass is 233 g/mol. The molecule has 2 aromatic heterocycles. The maximum atomic E-state index is 5.58. The molecule has 2 aromatic rings. The van der Waals surface area contributed by atoms with E-state index in [-0.39, 0.29) is 5.95 Å². The van der Waals surface area contributed by atoms with Gasteiger partial charge in [0.05, 0.1) is 6.26 Å². The Morgan fingerprint density at radius 1 is 1.35 bits per heavy atom. The van der Waals surface area contributed by atoms with Gasteiger partial charge in [0.15, 0.2) is 0 Å². The lowest BCUT2D eigenvalue weighted by molar-refractivity contribution is 0.513. The number of nitrogen functional groups attached to an aromatic ring is 1. The standard InChI is InChI=1S/C11H15N5O/c1-13-9-7-10(16-11(12)15-9)14-5-4-8-3-2-6-17-8/h2-3,6-7H,4-5H2,1H3,(H4,12,13,14,15,16). The Morgan fingerprint density at radius 3 is 2.88 bits per heavy atom. The molecule has 2 heterocycles. The molecule has 0 aromatic carbocycles. The van der Waals surface area contributed by atoms with Gasteiger partial charge in [0.2, 0.25) is 5.95 Å². The number of rotatable bonds is 5. The Balaban J connectivity index is 1.92. The molecule has 17 heavy (non-hydrogen) atoms. The Hall–Kier alpha value is -2.24. The molecule has 0 aliphatic carbocycles. The molecule has 0 aliphatic heterocycles. The first-order valence-corrected chi connectivity index (χ1v) is 5.36. The second-order valence-corrected chi connectivity index (χ2v) is 3.50. The quantitative estimate of drug-likeness (QED) is 0.722. The van der Waals surface area contributed by atoms with Crippen LogP contribution in [-0.2, 0) is 6.42 Å². The van der Waals surface area contributed by atoms with E-state index < -0.39 is 0 Å². The van der Waals surface area contributed by atoms with Gasteiger partial charge in [-0.15, -0.1) is 0 Å². The summed E-state index contributed by atoms with van der Waals surface area (Å²) in [7, 11) is 1.79. The first-order valence-electron chi connectivity index (χ1n) is 5.36. The van der Waals surface area contributed by atoms with Crippen LogP contribution in [-0.4, -0.2) is 23.6 Å². The van der Waals surface area contributed by atoms with E-state index in [1.54, 1.807) is 19.4 Å². The van der Waals surface area contributed by atoms with E-state index in [9.17, 15) is 0 Å². The summed E-state index contributed by atoms with van der Waals surface area (Å²) in [5.41, 5.74) is 5.58. The van der Waals surface area contributed by atoms with Crippen molar-refractivity contribution in [3.63, 3.8) is 0 Å². The molecule has 0 spiro atoms. The Kier molecular flexibility index (Phi) is 3.44. The van der Waals surface area contributed by atoms with Gasteiger partial charge < -0.3 is 20.8 Å². The molecule has 0 saturated carbocycles. The number of nitrogens with one attached hydrogen (secondary N) is 2. The Labute approximate surface area is 99.3 Å². The molecule has 0 saturated heterocycles. The van der Waals surface area contributed by atoms with Gasteiger partial charge in [0.1, 0.15) is 17.4 Å². The van der Waals surface area contributed by atoms with Crippen molar-refractivity contribution in [2.24, 2.45) is 0 Å².